The number of hydrogen-bond acceptors (Lipinski definition) is 6. The molecule has 0 saturated carbocycles. The van der Waals surface area contributed by atoms with Crippen LogP contribution in [0.2, 0.25) is 0 Å². The number of nitriles is 1. The Morgan fingerprint density at radius 2 is 1.87 bits per heavy atom. The number of thioether (sulfide) groups is 1. The van der Waals surface area contributed by atoms with Crippen molar-refractivity contribution in [3.05, 3.63) is 82.5 Å². The average molecular weight is 430 g/mol. The summed E-state index contributed by atoms with van der Waals surface area (Å²) in [7, 11) is 0. The lowest BCUT2D eigenvalue weighted by molar-refractivity contribution is -0.123. The standard InChI is InChI=1S/C24H18N2O4S/c1-16-6-8-18(9-7-16)29-13-12-26-23(27)22(31-24(26)28)14-19-10-11-21(30-19)20-5-3-2-4-17(20)15-25/h2-11,14H,12-13H2,1H3/b22-14-. The van der Waals surface area contributed by atoms with Gasteiger partial charge < -0.3 is 9.15 Å². The lowest BCUT2D eigenvalue weighted by Gasteiger charge is -2.13. The van der Waals surface area contributed by atoms with Gasteiger partial charge >= 0.3 is 0 Å². The van der Waals surface area contributed by atoms with Gasteiger partial charge in [0.15, 0.2) is 0 Å². The fourth-order valence-corrected chi connectivity index (χ4v) is 3.93. The molecule has 154 valence electrons. The molecule has 2 aromatic carbocycles. The molecule has 6 nitrogen and oxygen atoms in total. The molecule has 0 N–H and O–H groups in total. The highest BCUT2D eigenvalue weighted by Gasteiger charge is 2.35. The van der Waals surface area contributed by atoms with Gasteiger partial charge in [-0.3, -0.25) is 14.5 Å². The van der Waals surface area contributed by atoms with Gasteiger partial charge in [0.05, 0.1) is 23.1 Å². The number of imide groups is 1. The Morgan fingerprint density at radius 3 is 2.65 bits per heavy atom. The third-order valence-electron chi connectivity index (χ3n) is 4.69. The Morgan fingerprint density at radius 1 is 1.10 bits per heavy atom. The maximum absolute atomic E-state index is 12.7. The largest absolute Gasteiger partial charge is 0.492 e. The number of amides is 2. The Kier molecular flexibility index (Phi) is 5.92. The number of carbonyl (C=O) groups is 2. The van der Waals surface area contributed by atoms with E-state index < -0.39 is 0 Å². The van der Waals surface area contributed by atoms with Crippen molar-refractivity contribution in [2.24, 2.45) is 0 Å². The van der Waals surface area contributed by atoms with Crippen molar-refractivity contribution in [3.8, 4) is 23.1 Å². The van der Waals surface area contributed by atoms with Crippen LogP contribution in [0.3, 0.4) is 0 Å². The van der Waals surface area contributed by atoms with Crippen LogP contribution in [0.25, 0.3) is 17.4 Å². The second-order valence-corrected chi connectivity index (χ2v) is 7.85. The summed E-state index contributed by atoms with van der Waals surface area (Å²) in [6.07, 6.45) is 1.55. The molecule has 3 aromatic rings. The SMILES string of the molecule is Cc1ccc(OCCN2C(=O)S/C(=C\c3ccc(-c4ccccc4C#N)o3)C2=O)cc1. The highest BCUT2D eigenvalue weighted by atomic mass is 32.2. The van der Waals surface area contributed by atoms with Gasteiger partial charge in [0.2, 0.25) is 0 Å². The minimum Gasteiger partial charge on any atom is -0.492 e. The predicted octanol–water partition coefficient (Wildman–Crippen LogP) is 5.24. The number of ether oxygens (including phenoxy) is 1. The van der Waals surface area contributed by atoms with E-state index in [1.807, 2.05) is 37.3 Å². The van der Waals surface area contributed by atoms with Crippen LogP contribution in [-0.2, 0) is 4.79 Å². The third-order valence-corrected chi connectivity index (χ3v) is 5.60. The van der Waals surface area contributed by atoms with E-state index in [1.165, 1.54) is 4.90 Å². The molecule has 1 aliphatic heterocycles. The number of carbonyl (C=O) groups excluding carboxylic acids is 2. The second kappa shape index (κ2) is 8.94. The summed E-state index contributed by atoms with van der Waals surface area (Å²) in [4.78, 5) is 26.4. The predicted molar refractivity (Wildman–Crippen MR) is 118 cm³/mol. The van der Waals surface area contributed by atoms with E-state index in [-0.39, 0.29) is 29.2 Å². The van der Waals surface area contributed by atoms with Crippen LogP contribution in [0, 0.1) is 18.3 Å². The molecule has 31 heavy (non-hydrogen) atoms. The average Bonchev–Trinajstić information content (AvgIpc) is 3.35. The topological polar surface area (TPSA) is 83.5 Å². The minimum absolute atomic E-state index is 0.162. The van der Waals surface area contributed by atoms with Gasteiger partial charge in [0, 0.05) is 11.6 Å². The van der Waals surface area contributed by atoms with Gasteiger partial charge in [-0.1, -0.05) is 29.8 Å². The van der Waals surface area contributed by atoms with Gasteiger partial charge in [0.1, 0.15) is 23.9 Å². The number of hydrogen-bond donors (Lipinski definition) is 0. The molecule has 0 atom stereocenters. The fourth-order valence-electron chi connectivity index (χ4n) is 3.08. The van der Waals surface area contributed by atoms with Crippen LogP contribution in [0.15, 0.2) is 70.0 Å². The summed E-state index contributed by atoms with van der Waals surface area (Å²) in [5.74, 6) is 1.27. The van der Waals surface area contributed by atoms with Crippen LogP contribution in [0.5, 0.6) is 5.75 Å². The number of aryl methyl sites for hydroxylation is 1. The summed E-state index contributed by atoms with van der Waals surface area (Å²) >= 11 is 0.868. The van der Waals surface area contributed by atoms with Crippen molar-refractivity contribution in [1.29, 1.82) is 5.26 Å². The number of nitrogens with zero attached hydrogens (tertiary/aromatic N) is 2. The zero-order valence-corrected chi connectivity index (χ0v) is 17.5. The van der Waals surface area contributed by atoms with Gasteiger partial charge in [-0.15, -0.1) is 0 Å². The zero-order chi connectivity index (χ0) is 21.8. The minimum atomic E-state index is -0.377. The van der Waals surface area contributed by atoms with Crippen molar-refractivity contribution in [2.75, 3.05) is 13.2 Å². The highest BCUT2D eigenvalue weighted by Crippen LogP contribution is 2.33. The fraction of sp³-hybridized carbons (Fsp3) is 0.125. The van der Waals surface area contributed by atoms with Crippen molar-refractivity contribution >= 4 is 29.0 Å². The summed E-state index contributed by atoms with van der Waals surface area (Å²) in [6, 6.07) is 20.3. The lowest BCUT2D eigenvalue weighted by atomic mass is 10.1. The van der Waals surface area contributed by atoms with E-state index in [4.69, 9.17) is 9.15 Å². The normalized spacial score (nSPS) is 14.8. The molecule has 2 amide bonds. The Balaban J connectivity index is 1.43. The molecule has 1 aliphatic rings. The van der Waals surface area contributed by atoms with Crippen molar-refractivity contribution in [2.45, 2.75) is 6.92 Å². The molecule has 0 aliphatic carbocycles. The first kappa shape index (κ1) is 20.5. The number of rotatable bonds is 6. The van der Waals surface area contributed by atoms with Crippen molar-refractivity contribution in [1.82, 2.24) is 4.90 Å². The van der Waals surface area contributed by atoms with E-state index in [1.54, 1.807) is 36.4 Å². The van der Waals surface area contributed by atoms with Crippen LogP contribution >= 0.6 is 11.8 Å². The molecule has 0 spiro atoms. The van der Waals surface area contributed by atoms with Gasteiger partial charge in [-0.2, -0.15) is 5.26 Å². The summed E-state index contributed by atoms with van der Waals surface area (Å²) < 4.78 is 11.4. The quantitative estimate of drug-likeness (QED) is 0.497. The summed E-state index contributed by atoms with van der Waals surface area (Å²) in [6.45, 7) is 2.36. The molecule has 0 unspecified atom stereocenters. The molecule has 1 aromatic heterocycles. The molecule has 1 fully saturated rings. The number of benzene rings is 2. The smallest absolute Gasteiger partial charge is 0.293 e. The molecular formula is C24H18N2O4S. The second-order valence-electron chi connectivity index (χ2n) is 6.85. The molecule has 0 radical (unpaired) electrons. The molecule has 7 heteroatoms. The molecule has 1 saturated heterocycles. The number of furan rings is 1. The summed E-state index contributed by atoms with van der Waals surface area (Å²) in [5.41, 5.74) is 2.30. The first-order valence-corrected chi connectivity index (χ1v) is 10.4. The molecule has 4 rings (SSSR count). The van der Waals surface area contributed by atoms with Crippen LogP contribution in [0.4, 0.5) is 4.79 Å². The van der Waals surface area contributed by atoms with Crippen LogP contribution in [-0.4, -0.2) is 29.2 Å². The Hall–Kier alpha value is -3.76. The highest BCUT2D eigenvalue weighted by molar-refractivity contribution is 8.18. The van der Waals surface area contributed by atoms with E-state index in [2.05, 4.69) is 6.07 Å². The van der Waals surface area contributed by atoms with E-state index in [0.29, 0.717) is 28.4 Å². The summed E-state index contributed by atoms with van der Waals surface area (Å²) in [5, 5.41) is 8.92. The van der Waals surface area contributed by atoms with Crippen LogP contribution < -0.4 is 4.74 Å². The first-order chi connectivity index (χ1) is 15.0. The zero-order valence-electron chi connectivity index (χ0n) is 16.7. The maximum Gasteiger partial charge on any atom is 0.293 e. The Bertz CT molecular complexity index is 1200. The molecular weight excluding hydrogens is 412 g/mol. The Labute approximate surface area is 183 Å². The van der Waals surface area contributed by atoms with Gasteiger partial charge in [-0.25, -0.2) is 0 Å². The van der Waals surface area contributed by atoms with Crippen LogP contribution in [0.1, 0.15) is 16.9 Å². The molecule has 2 heterocycles. The van der Waals surface area contributed by atoms with Crippen molar-refractivity contribution in [3.63, 3.8) is 0 Å². The molecule has 0 bridgehead atoms. The van der Waals surface area contributed by atoms with E-state index in [9.17, 15) is 14.9 Å². The maximum atomic E-state index is 12.7. The third kappa shape index (κ3) is 4.55. The van der Waals surface area contributed by atoms with Crippen molar-refractivity contribution < 1.29 is 18.7 Å². The van der Waals surface area contributed by atoms with Gasteiger partial charge in [0.25, 0.3) is 11.1 Å². The van der Waals surface area contributed by atoms with E-state index in [0.717, 1.165) is 17.3 Å². The first-order valence-electron chi connectivity index (χ1n) is 9.59. The monoisotopic (exact) mass is 430 g/mol. The van der Waals surface area contributed by atoms with Gasteiger partial charge in [-0.05, 0) is 55.1 Å². The lowest BCUT2D eigenvalue weighted by Crippen LogP contribution is -2.32. The van der Waals surface area contributed by atoms with E-state index >= 15 is 0 Å².